The molecule has 0 bridgehead atoms. The number of fused-ring (bicyclic) bond motifs is 1. The van der Waals surface area contributed by atoms with Crippen molar-refractivity contribution in [1.82, 2.24) is 4.98 Å². The summed E-state index contributed by atoms with van der Waals surface area (Å²) in [6.45, 7) is 0. The van der Waals surface area contributed by atoms with Gasteiger partial charge in [0, 0.05) is 34.3 Å². The number of hydrogen-bond donors (Lipinski definition) is 1. The summed E-state index contributed by atoms with van der Waals surface area (Å²) in [5.41, 5.74) is 5.32. The molecule has 8 heteroatoms. The van der Waals surface area contributed by atoms with E-state index in [0.29, 0.717) is 16.5 Å². The molecule has 1 N–H and O–H groups in total. The number of pyridine rings is 1. The summed E-state index contributed by atoms with van der Waals surface area (Å²) in [6, 6.07) is 17.0. The molecule has 28 heavy (non-hydrogen) atoms. The lowest BCUT2D eigenvalue weighted by Gasteiger charge is -2.04. The van der Waals surface area contributed by atoms with E-state index in [1.807, 2.05) is 12.1 Å². The lowest BCUT2D eigenvalue weighted by molar-refractivity contribution is -0.384. The number of non-ortho nitro benzene ring substituents is 1. The van der Waals surface area contributed by atoms with Crippen molar-refractivity contribution in [2.45, 2.75) is 0 Å². The monoisotopic (exact) mass is 392 g/mol. The summed E-state index contributed by atoms with van der Waals surface area (Å²) in [5, 5.41) is 16.5. The third-order valence-corrected chi connectivity index (χ3v) is 4.31. The smallest absolute Gasteiger partial charge is 0.269 e. The van der Waals surface area contributed by atoms with Crippen molar-refractivity contribution in [1.29, 1.82) is 0 Å². The second-order valence-electron chi connectivity index (χ2n) is 5.90. The summed E-state index contributed by atoms with van der Waals surface area (Å²) in [6.07, 6.45) is 3.23. The van der Waals surface area contributed by atoms with Crippen LogP contribution in [0, 0.1) is 10.1 Å². The Morgan fingerprint density at radius 2 is 1.93 bits per heavy atom. The Morgan fingerprint density at radius 1 is 1.11 bits per heavy atom. The largest absolute Gasteiger partial charge is 0.455 e. The lowest BCUT2D eigenvalue weighted by atomic mass is 10.1. The minimum absolute atomic E-state index is 0.0344. The second kappa shape index (κ2) is 7.50. The van der Waals surface area contributed by atoms with Crippen molar-refractivity contribution in [2.75, 3.05) is 5.43 Å². The summed E-state index contributed by atoms with van der Waals surface area (Å²) in [7, 11) is 0. The molecule has 2 heterocycles. The van der Waals surface area contributed by atoms with E-state index in [1.165, 1.54) is 12.1 Å². The second-order valence-corrected chi connectivity index (χ2v) is 6.33. The zero-order chi connectivity index (χ0) is 19.5. The van der Waals surface area contributed by atoms with Crippen molar-refractivity contribution >= 4 is 40.1 Å². The van der Waals surface area contributed by atoms with Gasteiger partial charge in [0.05, 0.1) is 22.3 Å². The van der Waals surface area contributed by atoms with Gasteiger partial charge in [-0.1, -0.05) is 11.6 Å². The third kappa shape index (κ3) is 3.70. The first kappa shape index (κ1) is 17.7. The lowest BCUT2D eigenvalue weighted by Crippen LogP contribution is -1.92. The average molecular weight is 393 g/mol. The minimum Gasteiger partial charge on any atom is -0.455 e. The number of hydrazone groups is 1. The summed E-state index contributed by atoms with van der Waals surface area (Å²) >= 11 is 6.00. The molecule has 0 aliphatic heterocycles. The normalized spacial score (nSPS) is 11.2. The van der Waals surface area contributed by atoms with Crippen molar-refractivity contribution in [2.24, 2.45) is 5.10 Å². The number of nitro groups is 1. The molecule has 138 valence electrons. The van der Waals surface area contributed by atoms with Gasteiger partial charge in [0.1, 0.15) is 11.5 Å². The molecule has 0 fully saturated rings. The van der Waals surface area contributed by atoms with Crippen LogP contribution in [-0.4, -0.2) is 16.1 Å². The van der Waals surface area contributed by atoms with Crippen LogP contribution in [0.1, 0.15) is 5.76 Å². The molecule has 0 amide bonds. The van der Waals surface area contributed by atoms with Crippen LogP contribution in [0.5, 0.6) is 0 Å². The molecule has 7 nitrogen and oxygen atoms in total. The van der Waals surface area contributed by atoms with Crippen LogP contribution in [0.2, 0.25) is 5.02 Å². The van der Waals surface area contributed by atoms with Crippen molar-refractivity contribution in [3.8, 4) is 11.3 Å². The fourth-order valence-electron chi connectivity index (χ4n) is 2.71. The molecule has 2 aromatic heterocycles. The number of nitrogens with one attached hydrogen (secondary N) is 1. The Morgan fingerprint density at radius 3 is 2.71 bits per heavy atom. The fourth-order valence-corrected chi connectivity index (χ4v) is 2.88. The molecule has 0 saturated carbocycles. The molecule has 0 radical (unpaired) electrons. The maximum Gasteiger partial charge on any atom is 0.269 e. The number of aromatic nitrogens is 1. The Labute approximate surface area is 164 Å². The highest BCUT2D eigenvalue weighted by Gasteiger charge is 2.08. The van der Waals surface area contributed by atoms with Gasteiger partial charge in [-0.2, -0.15) is 5.10 Å². The molecule has 4 rings (SSSR count). The third-order valence-electron chi connectivity index (χ3n) is 4.07. The maximum absolute atomic E-state index is 10.7. The Kier molecular flexibility index (Phi) is 4.74. The standard InChI is InChI=1S/C20H13ClN4O3/c21-14-3-7-17-18(9-10-22-19(17)11-14)24-23-12-16-6-8-20(28-16)13-1-4-15(5-2-13)25(26)27/h1-12H,(H,22,24). The van der Waals surface area contributed by atoms with Gasteiger partial charge in [0.15, 0.2) is 0 Å². The minimum atomic E-state index is -0.438. The van der Waals surface area contributed by atoms with Crippen molar-refractivity contribution in [3.05, 3.63) is 87.8 Å². The first-order valence-corrected chi connectivity index (χ1v) is 8.66. The summed E-state index contributed by atoms with van der Waals surface area (Å²) in [4.78, 5) is 14.6. The number of hydrogen-bond acceptors (Lipinski definition) is 6. The molecule has 0 unspecified atom stereocenters. The van der Waals surface area contributed by atoms with Crippen molar-refractivity contribution < 1.29 is 9.34 Å². The molecule has 2 aromatic carbocycles. The van der Waals surface area contributed by atoms with E-state index in [1.54, 1.807) is 48.8 Å². The van der Waals surface area contributed by atoms with Gasteiger partial charge >= 0.3 is 0 Å². The van der Waals surface area contributed by atoms with Crippen molar-refractivity contribution in [3.63, 3.8) is 0 Å². The predicted molar refractivity (Wildman–Crippen MR) is 109 cm³/mol. The summed E-state index contributed by atoms with van der Waals surface area (Å²) < 4.78 is 5.72. The van der Waals surface area contributed by atoms with Crippen LogP contribution in [0.25, 0.3) is 22.2 Å². The van der Waals surface area contributed by atoms with Crippen LogP contribution in [0.4, 0.5) is 11.4 Å². The Bertz CT molecular complexity index is 1190. The van der Waals surface area contributed by atoms with Gasteiger partial charge in [-0.3, -0.25) is 20.5 Å². The van der Waals surface area contributed by atoms with Crippen LogP contribution in [0.15, 0.2) is 76.4 Å². The molecule has 0 aliphatic rings. The number of benzene rings is 2. The van der Waals surface area contributed by atoms with Crippen LogP contribution in [0.3, 0.4) is 0 Å². The number of furan rings is 1. The Hall–Kier alpha value is -3.71. The number of halogens is 1. The first-order valence-electron chi connectivity index (χ1n) is 8.28. The fraction of sp³-hybridized carbons (Fsp3) is 0. The van der Waals surface area contributed by atoms with Crippen LogP contribution in [-0.2, 0) is 0 Å². The zero-order valence-electron chi connectivity index (χ0n) is 14.4. The highest BCUT2D eigenvalue weighted by molar-refractivity contribution is 6.31. The zero-order valence-corrected chi connectivity index (χ0v) is 15.1. The quantitative estimate of drug-likeness (QED) is 0.275. The maximum atomic E-state index is 10.7. The van der Waals surface area contributed by atoms with E-state index >= 15 is 0 Å². The summed E-state index contributed by atoms with van der Waals surface area (Å²) in [5.74, 6) is 1.14. The SMILES string of the molecule is O=[N+]([O-])c1ccc(-c2ccc(C=NNc3ccnc4cc(Cl)ccc34)o2)cc1. The number of rotatable bonds is 5. The van der Waals surface area contributed by atoms with E-state index in [9.17, 15) is 10.1 Å². The first-order chi connectivity index (χ1) is 13.6. The van der Waals surface area contributed by atoms with Gasteiger partial charge in [-0.05, 0) is 48.5 Å². The highest BCUT2D eigenvalue weighted by atomic mass is 35.5. The number of nitrogens with zero attached hydrogens (tertiary/aromatic N) is 3. The topological polar surface area (TPSA) is 93.6 Å². The van der Waals surface area contributed by atoms with E-state index in [0.717, 1.165) is 22.2 Å². The van der Waals surface area contributed by atoms with Gasteiger partial charge < -0.3 is 4.42 Å². The van der Waals surface area contributed by atoms with Gasteiger partial charge in [0.25, 0.3) is 5.69 Å². The van der Waals surface area contributed by atoms with Gasteiger partial charge in [0.2, 0.25) is 0 Å². The molecule has 0 aliphatic carbocycles. The molecule has 0 saturated heterocycles. The van der Waals surface area contributed by atoms with Gasteiger partial charge in [-0.25, -0.2) is 0 Å². The molecule has 0 spiro atoms. The number of anilines is 1. The van der Waals surface area contributed by atoms with E-state index in [2.05, 4.69) is 15.5 Å². The molecular formula is C20H13ClN4O3. The van der Waals surface area contributed by atoms with Gasteiger partial charge in [-0.15, -0.1) is 0 Å². The predicted octanol–water partition coefficient (Wildman–Crippen LogP) is 5.50. The highest BCUT2D eigenvalue weighted by Crippen LogP contribution is 2.25. The molecular weight excluding hydrogens is 380 g/mol. The van der Waals surface area contributed by atoms with Crippen LogP contribution < -0.4 is 5.43 Å². The van der Waals surface area contributed by atoms with E-state index < -0.39 is 4.92 Å². The molecule has 0 atom stereocenters. The Balaban J connectivity index is 1.50. The average Bonchev–Trinajstić information content (AvgIpc) is 3.17. The van der Waals surface area contributed by atoms with E-state index in [-0.39, 0.29) is 5.69 Å². The number of nitro benzene ring substituents is 1. The molecule has 4 aromatic rings. The van der Waals surface area contributed by atoms with Crippen LogP contribution >= 0.6 is 11.6 Å². The van der Waals surface area contributed by atoms with E-state index in [4.69, 9.17) is 16.0 Å².